The lowest BCUT2D eigenvalue weighted by molar-refractivity contribution is 0.101. The lowest BCUT2D eigenvalue weighted by Crippen LogP contribution is -2.29. The number of hydrogen-bond donors (Lipinski definition) is 1. The highest BCUT2D eigenvalue weighted by molar-refractivity contribution is 6.34. The van der Waals surface area contributed by atoms with Gasteiger partial charge in [-0.3, -0.25) is 9.36 Å². The number of amides is 1. The predicted molar refractivity (Wildman–Crippen MR) is 130 cm³/mol. The summed E-state index contributed by atoms with van der Waals surface area (Å²) in [5.74, 6) is -1.25. The van der Waals surface area contributed by atoms with E-state index < -0.39 is 23.2 Å². The number of anilines is 1. The van der Waals surface area contributed by atoms with Crippen LogP contribution in [0.2, 0.25) is 5.02 Å². The Kier molecular flexibility index (Phi) is 5.44. The van der Waals surface area contributed by atoms with E-state index in [0.29, 0.717) is 24.7 Å². The van der Waals surface area contributed by atoms with Crippen LogP contribution in [0.3, 0.4) is 0 Å². The molecule has 1 atom stereocenters. The number of hydrogen-bond acceptors (Lipinski definition) is 4. The van der Waals surface area contributed by atoms with Gasteiger partial charge in [-0.2, -0.15) is 4.68 Å². The Balaban J connectivity index is 1.40. The van der Waals surface area contributed by atoms with E-state index in [1.165, 1.54) is 18.2 Å². The fourth-order valence-corrected chi connectivity index (χ4v) is 5.18. The van der Waals surface area contributed by atoms with Gasteiger partial charge in [0, 0.05) is 19.0 Å². The molecule has 7 nitrogen and oxygen atoms in total. The maximum absolute atomic E-state index is 15.4. The molecule has 2 aliphatic carbocycles. The van der Waals surface area contributed by atoms with Crippen molar-refractivity contribution in [1.29, 1.82) is 0 Å². The summed E-state index contributed by atoms with van der Waals surface area (Å²) in [4.78, 5) is 26.2. The van der Waals surface area contributed by atoms with Crippen LogP contribution in [0.5, 0.6) is 5.75 Å². The van der Waals surface area contributed by atoms with Crippen LogP contribution in [0.15, 0.2) is 35.1 Å². The van der Waals surface area contributed by atoms with E-state index in [1.54, 1.807) is 4.57 Å². The third-order valence-corrected chi connectivity index (χ3v) is 7.93. The zero-order chi connectivity index (χ0) is 25.2. The van der Waals surface area contributed by atoms with Crippen molar-refractivity contribution in [2.45, 2.75) is 58.1 Å². The average molecular weight is 515 g/mol. The normalized spacial score (nSPS) is 18.6. The number of halogens is 3. The van der Waals surface area contributed by atoms with Gasteiger partial charge in [0.15, 0.2) is 0 Å². The fraction of sp³-hybridized carbons (Fsp3) is 0.423. The zero-order valence-corrected chi connectivity index (χ0v) is 20.4. The van der Waals surface area contributed by atoms with Gasteiger partial charge in [0.05, 0.1) is 22.4 Å². The third-order valence-electron chi connectivity index (χ3n) is 7.62. The first-order valence-electron chi connectivity index (χ1n) is 12.2. The number of ether oxygens (including phenoxy) is 1. The van der Waals surface area contributed by atoms with Crippen molar-refractivity contribution in [1.82, 2.24) is 14.3 Å². The summed E-state index contributed by atoms with van der Waals surface area (Å²) < 4.78 is 38.5. The number of nitrogens with zero attached hydrogens (tertiary/aromatic N) is 3. The van der Waals surface area contributed by atoms with E-state index in [1.807, 2.05) is 6.92 Å². The predicted octanol–water partition coefficient (Wildman–Crippen LogP) is 5.12. The fourth-order valence-electron chi connectivity index (χ4n) is 4.97. The highest BCUT2D eigenvalue weighted by Gasteiger charge is 2.46. The Hall–Kier alpha value is -3.20. The Morgan fingerprint density at radius 3 is 2.69 bits per heavy atom. The number of fused-ring (bicyclic) bond motifs is 1. The van der Waals surface area contributed by atoms with Gasteiger partial charge in [-0.1, -0.05) is 17.7 Å². The minimum atomic E-state index is -0.815. The lowest BCUT2D eigenvalue weighted by Gasteiger charge is -2.20. The molecule has 10 heteroatoms. The number of carbonyl (C=O) groups excluding carboxylic acids is 1. The Labute approximate surface area is 211 Å². The smallest absolute Gasteiger partial charge is 0.350 e. The molecule has 2 fully saturated rings. The minimum Gasteiger partial charge on any atom is -0.490 e. The molecule has 6 rings (SSSR count). The van der Waals surface area contributed by atoms with E-state index in [2.05, 4.69) is 10.4 Å². The molecule has 1 amide bonds. The van der Waals surface area contributed by atoms with E-state index in [0.717, 1.165) is 48.9 Å². The monoisotopic (exact) mass is 514 g/mol. The SMILES string of the molecule is C[C@H](Oc1cc(-n2nc3n(c2=O)CCC2(CC2)C3)c(F)cc1C(=O)Nc1c(F)cccc1Cl)C1CC1. The molecule has 3 aliphatic rings. The number of benzene rings is 2. The largest absolute Gasteiger partial charge is 0.490 e. The summed E-state index contributed by atoms with van der Waals surface area (Å²) in [5, 5.41) is 6.89. The maximum atomic E-state index is 15.4. The molecule has 1 N–H and O–H groups in total. The number of rotatable bonds is 6. The van der Waals surface area contributed by atoms with Crippen molar-refractivity contribution in [3.63, 3.8) is 0 Å². The average Bonchev–Trinajstić information content (AvgIpc) is 3.77. The number of nitrogens with one attached hydrogen (secondary N) is 1. The van der Waals surface area contributed by atoms with Crippen molar-refractivity contribution in [3.8, 4) is 11.4 Å². The Morgan fingerprint density at radius 1 is 1.22 bits per heavy atom. The van der Waals surface area contributed by atoms with Crippen molar-refractivity contribution in [3.05, 3.63) is 68.9 Å². The first-order valence-corrected chi connectivity index (χ1v) is 12.6. The number of carbonyl (C=O) groups is 1. The third kappa shape index (κ3) is 4.09. The topological polar surface area (TPSA) is 78.2 Å². The van der Waals surface area contributed by atoms with Gasteiger partial charge in [-0.05, 0) is 68.6 Å². The second-order valence-electron chi connectivity index (χ2n) is 10.2. The van der Waals surface area contributed by atoms with Crippen LogP contribution in [0, 0.1) is 23.0 Å². The molecule has 2 aromatic carbocycles. The van der Waals surface area contributed by atoms with Crippen molar-refractivity contribution in [2.75, 3.05) is 5.32 Å². The van der Waals surface area contributed by atoms with Crippen LogP contribution in [0.1, 0.15) is 55.2 Å². The number of para-hydroxylation sites is 1. The van der Waals surface area contributed by atoms with Crippen molar-refractivity contribution < 1.29 is 18.3 Å². The Bertz CT molecular complexity index is 1420. The van der Waals surface area contributed by atoms with Gasteiger partial charge in [0.2, 0.25) is 0 Å². The molecule has 0 saturated heterocycles. The van der Waals surface area contributed by atoms with Gasteiger partial charge in [0.1, 0.15) is 28.9 Å². The molecule has 0 radical (unpaired) electrons. The molecule has 2 heterocycles. The first kappa shape index (κ1) is 23.2. The van der Waals surface area contributed by atoms with E-state index in [4.69, 9.17) is 16.3 Å². The summed E-state index contributed by atoms with van der Waals surface area (Å²) >= 11 is 6.05. The van der Waals surface area contributed by atoms with Crippen LogP contribution < -0.4 is 15.7 Å². The lowest BCUT2D eigenvalue weighted by atomic mass is 9.95. The molecule has 0 unspecified atom stereocenters. The van der Waals surface area contributed by atoms with Crippen LogP contribution in [0.25, 0.3) is 5.69 Å². The van der Waals surface area contributed by atoms with E-state index in [9.17, 15) is 14.0 Å². The van der Waals surface area contributed by atoms with Crippen LogP contribution in [-0.2, 0) is 13.0 Å². The van der Waals surface area contributed by atoms with Gasteiger partial charge in [-0.15, -0.1) is 5.10 Å². The van der Waals surface area contributed by atoms with Gasteiger partial charge >= 0.3 is 5.69 Å². The molecule has 36 heavy (non-hydrogen) atoms. The summed E-state index contributed by atoms with van der Waals surface area (Å²) in [5.41, 5.74) is -0.617. The molecule has 3 aromatic rings. The van der Waals surface area contributed by atoms with Crippen LogP contribution >= 0.6 is 11.6 Å². The second-order valence-corrected chi connectivity index (χ2v) is 10.6. The summed E-state index contributed by atoms with van der Waals surface area (Å²) in [6, 6.07) is 6.35. The van der Waals surface area contributed by atoms with Crippen LogP contribution in [0.4, 0.5) is 14.5 Å². The highest BCUT2D eigenvalue weighted by Crippen LogP contribution is 2.53. The molecular weight excluding hydrogens is 490 g/mol. The summed E-state index contributed by atoms with van der Waals surface area (Å²) in [6.45, 7) is 2.44. The van der Waals surface area contributed by atoms with Crippen molar-refractivity contribution >= 4 is 23.2 Å². The minimum absolute atomic E-state index is 0.0119. The summed E-state index contributed by atoms with van der Waals surface area (Å²) in [6.07, 6.45) is 5.62. The molecule has 188 valence electrons. The van der Waals surface area contributed by atoms with Gasteiger partial charge < -0.3 is 10.1 Å². The maximum Gasteiger partial charge on any atom is 0.350 e. The molecule has 0 bridgehead atoms. The first-order chi connectivity index (χ1) is 17.2. The quantitative estimate of drug-likeness (QED) is 0.495. The summed E-state index contributed by atoms with van der Waals surface area (Å²) in [7, 11) is 0. The standard InChI is InChI=1S/C26H25ClF2N4O3/c1-14(15-5-6-15)36-21-12-20(33-25(35)32-10-9-26(7-8-26)13-22(32)31-33)19(29)11-16(21)24(34)30-23-17(27)3-2-4-18(23)28/h2-4,11-12,14-15H,5-10,13H2,1H3,(H,30,34)/t14-/m0/s1. The van der Waals surface area contributed by atoms with E-state index in [-0.39, 0.29) is 39.2 Å². The van der Waals surface area contributed by atoms with Crippen molar-refractivity contribution in [2.24, 2.45) is 11.3 Å². The molecule has 1 spiro atoms. The molecule has 1 aliphatic heterocycles. The van der Waals surface area contributed by atoms with E-state index >= 15 is 4.39 Å². The molecular formula is C26H25ClF2N4O3. The zero-order valence-electron chi connectivity index (χ0n) is 19.7. The second kappa shape index (κ2) is 8.44. The highest BCUT2D eigenvalue weighted by atomic mass is 35.5. The Morgan fingerprint density at radius 2 is 2.00 bits per heavy atom. The molecule has 1 aromatic heterocycles. The van der Waals surface area contributed by atoms with Gasteiger partial charge in [-0.25, -0.2) is 13.6 Å². The van der Waals surface area contributed by atoms with Crippen LogP contribution in [-0.4, -0.2) is 26.4 Å². The van der Waals surface area contributed by atoms with Gasteiger partial charge in [0.25, 0.3) is 5.91 Å². The molecule has 2 saturated carbocycles. The number of aromatic nitrogens is 3.